The van der Waals surface area contributed by atoms with Gasteiger partial charge in [0.05, 0.1) is 0 Å². The van der Waals surface area contributed by atoms with Crippen LogP contribution in [0.2, 0.25) is 0 Å². The van der Waals surface area contributed by atoms with Crippen molar-refractivity contribution in [3.8, 4) is 0 Å². The molecule has 0 spiro atoms. The van der Waals surface area contributed by atoms with E-state index in [1.165, 1.54) is 43.4 Å². The second-order valence-corrected chi connectivity index (χ2v) is 5.69. The van der Waals surface area contributed by atoms with Gasteiger partial charge in [-0.1, -0.05) is 32.3 Å². The van der Waals surface area contributed by atoms with E-state index in [0.717, 1.165) is 12.8 Å². The predicted molar refractivity (Wildman–Crippen MR) is 73.5 cm³/mol. The van der Waals surface area contributed by atoms with Crippen molar-refractivity contribution in [1.29, 1.82) is 0 Å². The van der Waals surface area contributed by atoms with Gasteiger partial charge in [-0.25, -0.2) is 0 Å². The normalized spacial score (nSPS) is 25.5. The van der Waals surface area contributed by atoms with E-state index in [2.05, 4.69) is 24.0 Å². The van der Waals surface area contributed by atoms with Gasteiger partial charge >= 0.3 is 0 Å². The van der Waals surface area contributed by atoms with E-state index in [1.807, 2.05) is 6.20 Å². The van der Waals surface area contributed by atoms with Crippen LogP contribution in [-0.4, -0.2) is 10.4 Å². The monoisotopic (exact) mass is 251 g/mol. The summed E-state index contributed by atoms with van der Waals surface area (Å²) in [5, 5.41) is 0.352. The van der Waals surface area contributed by atoms with E-state index in [1.54, 1.807) is 0 Å². The third-order valence-corrected chi connectivity index (χ3v) is 4.41. The summed E-state index contributed by atoms with van der Waals surface area (Å²) in [4.78, 5) is 4.55. The van der Waals surface area contributed by atoms with Crippen molar-refractivity contribution < 1.29 is 0 Å². The van der Waals surface area contributed by atoms with E-state index in [9.17, 15) is 0 Å². The highest BCUT2D eigenvalue weighted by molar-refractivity contribution is 6.20. The fourth-order valence-electron chi connectivity index (χ4n) is 2.62. The molecule has 1 heterocycles. The summed E-state index contributed by atoms with van der Waals surface area (Å²) in [7, 11) is 0. The van der Waals surface area contributed by atoms with Gasteiger partial charge < -0.3 is 0 Å². The SMILES string of the molecule is CCc1ccc(CC2CCCCCC2Cl)nc1. The smallest absolute Gasteiger partial charge is 0.0407 e. The van der Waals surface area contributed by atoms with Gasteiger partial charge in [0.25, 0.3) is 0 Å². The molecular weight excluding hydrogens is 230 g/mol. The van der Waals surface area contributed by atoms with Crippen molar-refractivity contribution >= 4 is 11.6 Å². The predicted octanol–water partition coefficient (Wildman–Crippen LogP) is 4.37. The van der Waals surface area contributed by atoms with E-state index in [4.69, 9.17) is 11.6 Å². The summed E-state index contributed by atoms with van der Waals surface area (Å²) in [5.41, 5.74) is 2.52. The summed E-state index contributed by atoms with van der Waals surface area (Å²) in [6, 6.07) is 4.37. The lowest BCUT2D eigenvalue weighted by Crippen LogP contribution is -2.16. The highest BCUT2D eigenvalue weighted by Gasteiger charge is 2.22. The maximum absolute atomic E-state index is 6.47. The first kappa shape index (κ1) is 12.9. The van der Waals surface area contributed by atoms with E-state index >= 15 is 0 Å². The van der Waals surface area contributed by atoms with Gasteiger partial charge in [0.1, 0.15) is 0 Å². The molecule has 1 fully saturated rings. The Morgan fingerprint density at radius 2 is 2.06 bits per heavy atom. The Kier molecular flexibility index (Phi) is 4.85. The van der Waals surface area contributed by atoms with Crippen molar-refractivity contribution in [2.45, 2.75) is 57.2 Å². The number of aromatic nitrogens is 1. The van der Waals surface area contributed by atoms with E-state index in [-0.39, 0.29) is 0 Å². The van der Waals surface area contributed by atoms with Crippen molar-refractivity contribution in [3.05, 3.63) is 29.6 Å². The molecule has 1 aliphatic carbocycles. The van der Waals surface area contributed by atoms with Crippen LogP contribution in [0.4, 0.5) is 0 Å². The minimum atomic E-state index is 0.352. The van der Waals surface area contributed by atoms with Gasteiger partial charge in [0, 0.05) is 17.3 Å². The van der Waals surface area contributed by atoms with Crippen molar-refractivity contribution in [3.63, 3.8) is 0 Å². The highest BCUT2D eigenvalue weighted by atomic mass is 35.5. The van der Waals surface area contributed by atoms with Gasteiger partial charge in [-0.05, 0) is 43.2 Å². The average molecular weight is 252 g/mol. The lowest BCUT2D eigenvalue weighted by Gasteiger charge is -2.19. The number of halogens is 1. The largest absolute Gasteiger partial charge is 0.261 e. The summed E-state index contributed by atoms with van der Waals surface area (Å²) >= 11 is 6.47. The molecule has 1 aliphatic rings. The third kappa shape index (κ3) is 3.70. The van der Waals surface area contributed by atoms with Crippen molar-refractivity contribution in [1.82, 2.24) is 4.98 Å². The van der Waals surface area contributed by atoms with Crippen LogP contribution < -0.4 is 0 Å². The van der Waals surface area contributed by atoms with Crippen LogP contribution in [0, 0.1) is 5.92 Å². The molecule has 1 nitrogen and oxygen atoms in total. The zero-order valence-electron chi connectivity index (χ0n) is 10.7. The number of nitrogens with zero attached hydrogens (tertiary/aromatic N) is 1. The molecule has 2 unspecified atom stereocenters. The molecule has 1 aromatic heterocycles. The first-order valence-corrected chi connectivity index (χ1v) is 7.31. The van der Waals surface area contributed by atoms with Gasteiger partial charge in [-0.3, -0.25) is 4.98 Å². The number of pyridine rings is 1. The summed E-state index contributed by atoms with van der Waals surface area (Å²) in [6.07, 6.45) is 10.6. The van der Waals surface area contributed by atoms with E-state index < -0.39 is 0 Å². The summed E-state index contributed by atoms with van der Waals surface area (Å²) in [6.45, 7) is 2.16. The number of alkyl halides is 1. The van der Waals surface area contributed by atoms with Crippen molar-refractivity contribution in [2.24, 2.45) is 5.92 Å². The maximum atomic E-state index is 6.47. The minimum absolute atomic E-state index is 0.352. The number of rotatable bonds is 3. The first-order chi connectivity index (χ1) is 8.29. The van der Waals surface area contributed by atoms with Gasteiger partial charge in [-0.2, -0.15) is 0 Å². The molecule has 2 rings (SSSR count). The molecule has 0 N–H and O–H groups in total. The molecule has 2 heteroatoms. The van der Waals surface area contributed by atoms with Crippen LogP contribution in [0.5, 0.6) is 0 Å². The second kappa shape index (κ2) is 6.39. The Hall–Kier alpha value is -0.560. The maximum Gasteiger partial charge on any atom is 0.0407 e. The molecule has 0 aromatic carbocycles. The molecular formula is C15H22ClN. The van der Waals surface area contributed by atoms with Crippen LogP contribution in [0.3, 0.4) is 0 Å². The third-order valence-electron chi connectivity index (χ3n) is 3.83. The molecule has 1 saturated carbocycles. The Labute approximate surface area is 110 Å². The molecule has 1 aromatic rings. The Balaban J connectivity index is 1.98. The molecule has 17 heavy (non-hydrogen) atoms. The second-order valence-electron chi connectivity index (χ2n) is 5.13. The number of hydrogen-bond acceptors (Lipinski definition) is 1. The Morgan fingerprint density at radius 1 is 1.24 bits per heavy atom. The standard InChI is InChI=1S/C15H22ClN/c1-2-12-8-9-14(17-11-12)10-13-6-4-3-5-7-15(13)16/h8-9,11,13,15H,2-7,10H2,1H3. The van der Waals surface area contributed by atoms with Crippen LogP contribution in [-0.2, 0) is 12.8 Å². The lowest BCUT2D eigenvalue weighted by molar-refractivity contribution is 0.460. The zero-order valence-corrected chi connectivity index (χ0v) is 11.4. The van der Waals surface area contributed by atoms with Crippen LogP contribution in [0.1, 0.15) is 50.3 Å². The fraction of sp³-hybridized carbons (Fsp3) is 0.667. The van der Waals surface area contributed by atoms with Crippen molar-refractivity contribution in [2.75, 3.05) is 0 Å². The molecule has 0 amide bonds. The molecule has 94 valence electrons. The number of aryl methyl sites for hydroxylation is 1. The topological polar surface area (TPSA) is 12.9 Å². The summed E-state index contributed by atoms with van der Waals surface area (Å²) in [5.74, 6) is 0.624. The first-order valence-electron chi connectivity index (χ1n) is 6.87. The molecule has 0 bridgehead atoms. The highest BCUT2D eigenvalue weighted by Crippen LogP contribution is 2.29. The van der Waals surface area contributed by atoms with Gasteiger partial charge in [0.2, 0.25) is 0 Å². The Bertz CT molecular complexity index is 333. The fourth-order valence-corrected chi connectivity index (χ4v) is 2.99. The summed E-state index contributed by atoms with van der Waals surface area (Å²) < 4.78 is 0. The van der Waals surface area contributed by atoms with E-state index in [0.29, 0.717) is 11.3 Å². The molecule has 0 aliphatic heterocycles. The zero-order chi connectivity index (χ0) is 12.1. The lowest BCUT2D eigenvalue weighted by atomic mass is 9.94. The number of hydrogen-bond donors (Lipinski definition) is 0. The van der Waals surface area contributed by atoms with Gasteiger partial charge in [0.15, 0.2) is 0 Å². The van der Waals surface area contributed by atoms with Crippen LogP contribution >= 0.6 is 11.6 Å². The molecule has 2 atom stereocenters. The molecule has 0 radical (unpaired) electrons. The van der Waals surface area contributed by atoms with Crippen LogP contribution in [0.15, 0.2) is 18.3 Å². The Morgan fingerprint density at radius 3 is 2.76 bits per heavy atom. The minimum Gasteiger partial charge on any atom is -0.261 e. The average Bonchev–Trinajstić information content (AvgIpc) is 2.56. The molecule has 0 saturated heterocycles. The quantitative estimate of drug-likeness (QED) is 0.574. The van der Waals surface area contributed by atoms with Crippen LogP contribution in [0.25, 0.3) is 0 Å². The van der Waals surface area contributed by atoms with Gasteiger partial charge in [-0.15, -0.1) is 11.6 Å².